The van der Waals surface area contributed by atoms with Gasteiger partial charge in [0.2, 0.25) is 5.91 Å². The highest BCUT2D eigenvalue weighted by Gasteiger charge is 2.10. The first kappa shape index (κ1) is 19.8. The highest BCUT2D eigenvalue weighted by Crippen LogP contribution is 2.22. The van der Waals surface area contributed by atoms with Crippen molar-refractivity contribution in [1.82, 2.24) is 0 Å². The Hall–Kier alpha value is -2.92. The standard InChI is InChI=1S/C23H21BrN2O2/c1-16-11-13-19(25-23(28)18-8-3-2-4-9-18)15-21(16)26-22(27)14-12-17-7-5-6-10-20(17)24/h2-11,13,15H,12,14H2,1H3,(H,25,28)(H,26,27). The molecule has 0 saturated carbocycles. The maximum absolute atomic E-state index is 12.4. The summed E-state index contributed by atoms with van der Waals surface area (Å²) in [5, 5.41) is 5.82. The van der Waals surface area contributed by atoms with Crippen molar-refractivity contribution in [2.24, 2.45) is 0 Å². The van der Waals surface area contributed by atoms with Crippen LogP contribution in [0, 0.1) is 6.92 Å². The van der Waals surface area contributed by atoms with E-state index in [2.05, 4.69) is 26.6 Å². The minimum Gasteiger partial charge on any atom is -0.326 e. The fraction of sp³-hybridized carbons (Fsp3) is 0.130. The van der Waals surface area contributed by atoms with Crippen LogP contribution in [0.3, 0.4) is 0 Å². The van der Waals surface area contributed by atoms with Crippen molar-refractivity contribution < 1.29 is 9.59 Å². The largest absolute Gasteiger partial charge is 0.326 e. The summed E-state index contributed by atoms with van der Waals surface area (Å²) in [6.45, 7) is 1.92. The van der Waals surface area contributed by atoms with Crippen molar-refractivity contribution in [3.63, 3.8) is 0 Å². The predicted octanol–water partition coefficient (Wildman–Crippen LogP) is 5.58. The van der Waals surface area contributed by atoms with Crippen LogP contribution in [0.2, 0.25) is 0 Å². The van der Waals surface area contributed by atoms with Crippen LogP contribution in [0.25, 0.3) is 0 Å². The van der Waals surface area contributed by atoms with Gasteiger partial charge < -0.3 is 10.6 Å². The van der Waals surface area contributed by atoms with Gasteiger partial charge in [-0.2, -0.15) is 0 Å². The third-order valence-corrected chi connectivity index (χ3v) is 5.16. The molecular weight excluding hydrogens is 416 g/mol. The normalized spacial score (nSPS) is 10.4. The second-order valence-corrected chi connectivity index (χ2v) is 7.34. The zero-order valence-electron chi connectivity index (χ0n) is 15.5. The van der Waals surface area contributed by atoms with Crippen molar-refractivity contribution in [2.45, 2.75) is 19.8 Å². The molecule has 2 amide bonds. The Morgan fingerprint density at radius 3 is 2.36 bits per heavy atom. The molecule has 5 heteroatoms. The summed E-state index contributed by atoms with van der Waals surface area (Å²) >= 11 is 3.50. The van der Waals surface area contributed by atoms with Crippen LogP contribution < -0.4 is 10.6 Å². The molecule has 3 aromatic rings. The van der Waals surface area contributed by atoms with E-state index in [1.54, 1.807) is 18.2 Å². The minimum atomic E-state index is -0.185. The van der Waals surface area contributed by atoms with Crippen molar-refractivity contribution >= 4 is 39.1 Å². The van der Waals surface area contributed by atoms with E-state index in [1.807, 2.05) is 61.5 Å². The van der Waals surface area contributed by atoms with Gasteiger partial charge in [0.1, 0.15) is 0 Å². The second-order valence-electron chi connectivity index (χ2n) is 6.49. The summed E-state index contributed by atoms with van der Waals surface area (Å²) in [5.41, 5.74) is 3.95. The molecule has 0 aromatic heterocycles. The first-order chi connectivity index (χ1) is 13.5. The molecule has 142 valence electrons. The Morgan fingerprint density at radius 2 is 1.61 bits per heavy atom. The molecule has 0 unspecified atom stereocenters. The van der Waals surface area contributed by atoms with Crippen LogP contribution in [0.1, 0.15) is 27.9 Å². The van der Waals surface area contributed by atoms with E-state index in [-0.39, 0.29) is 11.8 Å². The average molecular weight is 437 g/mol. The lowest BCUT2D eigenvalue weighted by Gasteiger charge is -2.12. The predicted molar refractivity (Wildman–Crippen MR) is 117 cm³/mol. The number of hydrogen-bond acceptors (Lipinski definition) is 2. The maximum Gasteiger partial charge on any atom is 0.255 e. The highest BCUT2D eigenvalue weighted by atomic mass is 79.9. The zero-order valence-corrected chi connectivity index (χ0v) is 17.1. The van der Waals surface area contributed by atoms with Gasteiger partial charge in [-0.1, -0.05) is 58.4 Å². The number of halogens is 1. The number of rotatable bonds is 6. The number of aryl methyl sites for hydroxylation is 2. The smallest absolute Gasteiger partial charge is 0.255 e. The van der Waals surface area contributed by atoms with Crippen LogP contribution in [-0.4, -0.2) is 11.8 Å². The molecule has 2 N–H and O–H groups in total. The molecule has 0 saturated heterocycles. The minimum absolute atomic E-state index is 0.0645. The Bertz CT molecular complexity index is 987. The number of amides is 2. The number of nitrogens with one attached hydrogen (secondary N) is 2. The van der Waals surface area contributed by atoms with E-state index in [4.69, 9.17) is 0 Å². The molecule has 0 fully saturated rings. The molecule has 0 atom stereocenters. The highest BCUT2D eigenvalue weighted by molar-refractivity contribution is 9.10. The molecule has 0 aliphatic heterocycles. The number of hydrogen-bond donors (Lipinski definition) is 2. The summed E-state index contributed by atoms with van der Waals surface area (Å²) in [5.74, 6) is -0.249. The van der Waals surface area contributed by atoms with Crippen LogP contribution in [0.4, 0.5) is 11.4 Å². The molecule has 4 nitrogen and oxygen atoms in total. The fourth-order valence-corrected chi connectivity index (χ4v) is 3.27. The van der Waals surface area contributed by atoms with E-state index in [0.29, 0.717) is 29.8 Å². The number of carbonyl (C=O) groups excluding carboxylic acids is 2. The van der Waals surface area contributed by atoms with Gasteiger partial charge in [-0.15, -0.1) is 0 Å². The number of carbonyl (C=O) groups is 2. The number of anilines is 2. The molecule has 0 bridgehead atoms. The van der Waals surface area contributed by atoms with Crippen molar-refractivity contribution in [3.05, 3.63) is 94.0 Å². The Morgan fingerprint density at radius 1 is 0.893 bits per heavy atom. The van der Waals surface area contributed by atoms with Crippen molar-refractivity contribution in [2.75, 3.05) is 10.6 Å². The molecule has 0 heterocycles. The summed E-state index contributed by atoms with van der Waals surface area (Å²) < 4.78 is 1.00. The zero-order chi connectivity index (χ0) is 19.9. The molecular formula is C23H21BrN2O2. The summed E-state index contributed by atoms with van der Waals surface area (Å²) in [4.78, 5) is 24.7. The lowest BCUT2D eigenvalue weighted by Crippen LogP contribution is -2.15. The van der Waals surface area contributed by atoms with Crippen LogP contribution >= 0.6 is 15.9 Å². The van der Waals surface area contributed by atoms with Gasteiger partial charge >= 0.3 is 0 Å². The van der Waals surface area contributed by atoms with Crippen molar-refractivity contribution in [1.29, 1.82) is 0 Å². The summed E-state index contributed by atoms with van der Waals surface area (Å²) in [7, 11) is 0. The molecule has 0 aliphatic carbocycles. The molecule has 0 radical (unpaired) electrons. The van der Waals surface area contributed by atoms with E-state index in [0.717, 1.165) is 15.6 Å². The topological polar surface area (TPSA) is 58.2 Å². The molecule has 0 spiro atoms. The first-order valence-corrected chi connectivity index (χ1v) is 9.82. The quantitative estimate of drug-likeness (QED) is 0.529. The van der Waals surface area contributed by atoms with Gasteiger partial charge in [-0.25, -0.2) is 0 Å². The van der Waals surface area contributed by atoms with Gasteiger partial charge in [0.25, 0.3) is 5.91 Å². The fourth-order valence-electron chi connectivity index (χ4n) is 2.79. The number of benzene rings is 3. The van der Waals surface area contributed by atoms with Crippen LogP contribution in [0.15, 0.2) is 77.3 Å². The second kappa shape index (κ2) is 9.33. The van der Waals surface area contributed by atoms with Crippen LogP contribution in [0.5, 0.6) is 0 Å². The molecule has 28 heavy (non-hydrogen) atoms. The third kappa shape index (κ3) is 5.30. The molecule has 3 rings (SSSR count). The molecule has 3 aromatic carbocycles. The maximum atomic E-state index is 12.4. The van der Waals surface area contributed by atoms with E-state index < -0.39 is 0 Å². The van der Waals surface area contributed by atoms with Gasteiger partial charge in [-0.3, -0.25) is 9.59 Å². The Labute approximate surface area is 173 Å². The Balaban J connectivity index is 1.63. The summed E-state index contributed by atoms with van der Waals surface area (Å²) in [6.07, 6.45) is 1.03. The lowest BCUT2D eigenvalue weighted by atomic mass is 10.1. The molecule has 0 aliphatic rings. The first-order valence-electron chi connectivity index (χ1n) is 9.03. The van der Waals surface area contributed by atoms with Crippen molar-refractivity contribution in [3.8, 4) is 0 Å². The monoisotopic (exact) mass is 436 g/mol. The van der Waals surface area contributed by atoms with Gasteiger partial charge in [0, 0.05) is 27.8 Å². The van der Waals surface area contributed by atoms with E-state index in [9.17, 15) is 9.59 Å². The summed E-state index contributed by atoms with van der Waals surface area (Å²) in [6, 6.07) is 22.4. The van der Waals surface area contributed by atoms with Crippen LogP contribution in [-0.2, 0) is 11.2 Å². The van der Waals surface area contributed by atoms with Gasteiger partial charge in [0.15, 0.2) is 0 Å². The SMILES string of the molecule is Cc1ccc(NC(=O)c2ccccc2)cc1NC(=O)CCc1ccccc1Br. The van der Waals surface area contributed by atoms with E-state index >= 15 is 0 Å². The Kier molecular flexibility index (Phi) is 6.61. The van der Waals surface area contributed by atoms with Gasteiger partial charge in [-0.05, 0) is 54.8 Å². The lowest BCUT2D eigenvalue weighted by molar-refractivity contribution is -0.116. The van der Waals surface area contributed by atoms with Gasteiger partial charge in [0.05, 0.1) is 0 Å². The van der Waals surface area contributed by atoms with E-state index in [1.165, 1.54) is 0 Å². The average Bonchev–Trinajstić information content (AvgIpc) is 2.70. The third-order valence-electron chi connectivity index (χ3n) is 4.38.